The highest BCUT2D eigenvalue weighted by molar-refractivity contribution is 6.32. The van der Waals surface area contributed by atoms with Gasteiger partial charge in [0, 0.05) is 45.9 Å². The van der Waals surface area contributed by atoms with Crippen molar-refractivity contribution in [3.8, 4) is 0 Å². The highest BCUT2D eigenvalue weighted by atomic mass is 35.5. The Morgan fingerprint density at radius 1 is 0.377 bits per heavy atom. The third-order valence-corrected chi connectivity index (χ3v) is 13.9. The van der Waals surface area contributed by atoms with Crippen LogP contribution in [0, 0.1) is 51.0 Å². The largest absolute Gasteiger partial charge is 0.436 e. The molecule has 0 bridgehead atoms. The summed E-state index contributed by atoms with van der Waals surface area (Å²) in [4.78, 5) is 77.4. The Kier molecular flexibility index (Phi) is 30.3. The Morgan fingerprint density at radius 2 is 0.632 bits per heavy atom. The molecular weight excluding hydrogens is 1490 g/mol. The molecule has 0 saturated heterocycles. The molecule has 0 saturated carbocycles. The zero-order chi connectivity index (χ0) is 79.3. The first-order chi connectivity index (χ1) is 49.3. The van der Waals surface area contributed by atoms with E-state index in [0.717, 1.165) is 22.3 Å². The van der Waals surface area contributed by atoms with E-state index in [1.54, 1.807) is 80.6 Å². The van der Waals surface area contributed by atoms with Gasteiger partial charge in [0.15, 0.2) is 69.3 Å². The second kappa shape index (κ2) is 37.5. The summed E-state index contributed by atoms with van der Waals surface area (Å²) < 4.78 is 210. The Hall–Kier alpha value is -11.1. The Labute approximate surface area is 601 Å². The predicted molar refractivity (Wildman–Crippen MR) is 365 cm³/mol. The lowest BCUT2D eigenvalue weighted by Crippen LogP contribution is -2.24. The number of rotatable bonds is 18. The van der Waals surface area contributed by atoms with Crippen LogP contribution in [-0.2, 0) is 24.7 Å². The number of carbonyl (C=O) groups is 4. The van der Waals surface area contributed by atoms with Crippen LogP contribution < -0.4 is 64.6 Å². The molecule has 572 valence electrons. The summed E-state index contributed by atoms with van der Waals surface area (Å²) in [6, 6.07) is 19.1. The number of anilines is 12. The van der Waals surface area contributed by atoms with E-state index in [0.29, 0.717) is 53.0 Å². The minimum Gasteiger partial charge on any atom is -0.381 e. The molecule has 0 spiro atoms. The van der Waals surface area contributed by atoms with Crippen LogP contribution in [0.4, 0.5) is 159 Å². The number of benzene rings is 4. The Morgan fingerprint density at radius 3 is 0.896 bits per heavy atom. The third kappa shape index (κ3) is 27.5. The van der Waals surface area contributed by atoms with E-state index in [1.165, 1.54) is 18.2 Å². The molecule has 0 radical (unpaired) electrons. The molecule has 4 aromatic heterocycles. The van der Waals surface area contributed by atoms with Crippen molar-refractivity contribution in [1.82, 2.24) is 49.7 Å². The number of nitrogen functional groups attached to an aromatic ring is 2. The van der Waals surface area contributed by atoms with Crippen LogP contribution >= 0.6 is 23.2 Å². The number of aryl methyl sites for hydroxylation is 4. The quantitative estimate of drug-likeness (QED) is 0.0280. The molecule has 0 fully saturated rings. The van der Waals surface area contributed by atoms with Crippen molar-refractivity contribution in [1.29, 1.82) is 0 Å². The van der Waals surface area contributed by atoms with Crippen LogP contribution in [0.2, 0.25) is 10.0 Å². The molecule has 8 amide bonds. The van der Waals surface area contributed by atoms with Gasteiger partial charge in [-0.1, -0.05) is 70.7 Å². The summed E-state index contributed by atoms with van der Waals surface area (Å²) in [5, 5.41) is 23.5. The fourth-order valence-corrected chi connectivity index (χ4v) is 8.27. The van der Waals surface area contributed by atoms with Crippen LogP contribution in [0.1, 0.15) is 57.9 Å². The molecule has 4 heterocycles. The maximum absolute atomic E-state index is 14.2. The summed E-state index contributed by atoms with van der Waals surface area (Å²) in [5.74, 6) is -13.1. The van der Waals surface area contributed by atoms with Crippen molar-refractivity contribution in [2.24, 2.45) is 0 Å². The summed E-state index contributed by atoms with van der Waals surface area (Å²) in [6.45, 7) is 8.88. The number of alkyl halides is 12. The number of hydrogen-bond donors (Lipinski definition) is 12. The van der Waals surface area contributed by atoms with E-state index in [4.69, 9.17) is 34.7 Å². The standard InChI is InChI=1S/C18H21ClF4N6O.C18H22F4N6O.C13H10ClF4N5O.C13H11F4N5O/c1-10-5-6-11(9-12(10)19)25-17(30)28-16-26-14(18(21,22)23)13(20)15(27-16)24-7-4-8-29(2)3;1-11-5-7-12(8-6-11)24-17(29)27-16-25-14(18(20,21)22)13(19)15(26-16)23-9-4-10-28(2)3;1-5-2-3-6(4-7(5)14)20-12(24)23-11-21-9(13(16,17)18)8(15)10(19)22-11;1-6-2-4-7(5-3-6)19-12(23)22-11-20-9(13(15,16)17)8(14)10(18)21-11/h5-6,9H,4,7-8H2,1-3H3,(H3,24,25,26,27,28,30);5-8H,4,9-10H2,1-3H3,(H3,23,24,25,26,27,29);2-4H,1H3,(H4,19,20,21,22,23,24);2-5H,1H3,(H4,18,19,20,21,22,23). The summed E-state index contributed by atoms with van der Waals surface area (Å²) in [7, 11) is 7.33. The first-order valence-corrected chi connectivity index (χ1v) is 30.9. The number of urea groups is 4. The van der Waals surface area contributed by atoms with Crippen molar-refractivity contribution in [3.63, 3.8) is 0 Å². The monoisotopic (exact) mass is 1550 g/mol. The van der Waals surface area contributed by atoms with Gasteiger partial charge in [0.25, 0.3) is 0 Å². The van der Waals surface area contributed by atoms with Crippen molar-refractivity contribution in [3.05, 3.63) is 163 Å². The minimum atomic E-state index is -5.08. The van der Waals surface area contributed by atoms with Crippen molar-refractivity contribution in [2.75, 3.05) is 119 Å². The number of hydrogen-bond acceptors (Lipinski definition) is 18. The van der Waals surface area contributed by atoms with Gasteiger partial charge in [-0.2, -0.15) is 72.6 Å². The van der Waals surface area contributed by atoms with Gasteiger partial charge in [-0.15, -0.1) is 0 Å². The molecule has 44 heteroatoms. The van der Waals surface area contributed by atoms with Gasteiger partial charge in [-0.3, -0.25) is 21.3 Å². The van der Waals surface area contributed by atoms with Gasteiger partial charge in [0.1, 0.15) is 0 Å². The highest BCUT2D eigenvalue weighted by Crippen LogP contribution is 2.37. The molecule has 8 rings (SSSR count). The average Bonchev–Trinajstić information content (AvgIpc) is 0.815. The first-order valence-electron chi connectivity index (χ1n) is 30.1. The van der Waals surface area contributed by atoms with E-state index in [9.17, 15) is 89.4 Å². The van der Waals surface area contributed by atoms with E-state index in [2.05, 4.69) is 82.4 Å². The van der Waals surface area contributed by atoms with Crippen LogP contribution in [0.25, 0.3) is 0 Å². The second-order valence-electron chi connectivity index (χ2n) is 22.4. The zero-order valence-electron chi connectivity index (χ0n) is 56.4. The van der Waals surface area contributed by atoms with Crippen molar-refractivity contribution < 1.29 is 89.4 Å². The normalized spacial score (nSPS) is 11.4. The van der Waals surface area contributed by atoms with Crippen LogP contribution in [-0.4, -0.2) is 128 Å². The van der Waals surface area contributed by atoms with Gasteiger partial charge < -0.3 is 53.2 Å². The van der Waals surface area contributed by atoms with E-state index >= 15 is 0 Å². The number of nitrogens with zero attached hydrogens (tertiary/aromatic N) is 10. The highest BCUT2D eigenvalue weighted by Gasteiger charge is 2.42. The molecule has 0 aliphatic carbocycles. The molecule has 26 nitrogen and oxygen atoms in total. The maximum Gasteiger partial charge on any atom is 0.436 e. The van der Waals surface area contributed by atoms with Gasteiger partial charge in [-0.25, -0.2) is 56.7 Å². The fraction of sp³-hybridized carbons (Fsp3) is 0.290. The molecule has 0 aliphatic rings. The smallest absolute Gasteiger partial charge is 0.381 e. The molecule has 106 heavy (non-hydrogen) atoms. The van der Waals surface area contributed by atoms with Gasteiger partial charge in [0.05, 0.1) is 0 Å². The van der Waals surface area contributed by atoms with Crippen molar-refractivity contribution >= 4 is 117 Å². The van der Waals surface area contributed by atoms with Crippen LogP contribution in [0.5, 0.6) is 0 Å². The van der Waals surface area contributed by atoms with E-state index < -0.39 is 142 Å². The first kappa shape index (κ1) is 85.5. The number of aromatic nitrogens is 8. The number of halogens is 18. The zero-order valence-corrected chi connectivity index (χ0v) is 57.9. The number of carbonyl (C=O) groups excluding carboxylic acids is 4. The molecule has 8 aromatic rings. The molecular formula is C62H64Cl2F16N22O4. The molecule has 0 unspecified atom stereocenters. The van der Waals surface area contributed by atoms with Crippen LogP contribution in [0.3, 0.4) is 0 Å². The maximum atomic E-state index is 14.2. The molecule has 0 atom stereocenters. The topological polar surface area (TPSA) is 350 Å². The Bertz CT molecular complexity index is 4370. The lowest BCUT2D eigenvalue weighted by molar-refractivity contribution is -0.144. The van der Waals surface area contributed by atoms with Gasteiger partial charge in [-0.05, 0) is 141 Å². The lowest BCUT2D eigenvalue weighted by Gasteiger charge is -2.15. The van der Waals surface area contributed by atoms with E-state index in [1.807, 2.05) is 62.5 Å². The van der Waals surface area contributed by atoms with Gasteiger partial charge in [0.2, 0.25) is 23.8 Å². The third-order valence-electron chi connectivity index (χ3n) is 13.1. The predicted octanol–water partition coefficient (Wildman–Crippen LogP) is 15.5. The number of amides is 8. The SMILES string of the molecule is Cc1ccc(NC(=O)Nc2nc(N)c(F)c(C(F)(F)F)n2)cc1.Cc1ccc(NC(=O)Nc2nc(N)c(F)c(C(F)(F)F)n2)cc1Cl.Cc1ccc(NC(=O)Nc2nc(NCCCN(C)C)c(F)c(C(F)(F)F)n2)cc1.Cc1ccc(NC(=O)Nc2nc(NCCCN(C)C)c(F)c(C(F)(F)F)n2)cc1Cl. The lowest BCUT2D eigenvalue weighted by atomic mass is 10.2. The second-order valence-corrected chi connectivity index (χ2v) is 23.3. The number of nitrogens with one attached hydrogen (secondary N) is 10. The average molecular weight is 1560 g/mol. The summed E-state index contributed by atoms with van der Waals surface area (Å²) in [6.07, 6.45) is -19.2. The fourth-order valence-electron chi connectivity index (χ4n) is 7.91. The molecule has 0 aliphatic heterocycles. The van der Waals surface area contributed by atoms with Crippen LogP contribution in [0.15, 0.2) is 84.9 Å². The molecule has 4 aromatic carbocycles. The summed E-state index contributed by atoms with van der Waals surface area (Å²) in [5.41, 5.74) is 7.78. The van der Waals surface area contributed by atoms with Crippen molar-refractivity contribution in [2.45, 2.75) is 65.2 Å². The number of nitrogens with two attached hydrogens (primary N) is 2. The Balaban J connectivity index is 0.000000255. The van der Waals surface area contributed by atoms with E-state index in [-0.39, 0.29) is 18.8 Å². The van der Waals surface area contributed by atoms with Gasteiger partial charge >= 0.3 is 48.8 Å². The minimum absolute atomic E-state index is 0.177. The summed E-state index contributed by atoms with van der Waals surface area (Å²) >= 11 is 11.9. The molecule has 14 N–H and O–H groups in total.